The average molecular weight is 504 g/mol. The van der Waals surface area contributed by atoms with E-state index in [9.17, 15) is 9.59 Å². The summed E-state index contributed by atoms with van der Waals surface area (Å²) in [5.74, 6) is -0.232. The SMILES string of the molecule is CCNC(=O)N(CCN1CCOCC1)CC(=O)N1N=C(c2cccs2)CC1c1ccccc1Cl. The Balaban J connectivity index is 1.53. The lowest BCUT2D eigenvalue weighted by Crippen LogP contribution is -2.49. The minimum Gasteiger partial charge on any atom is -0.379 e. The standard InChI is InChI=1S/C24H30ClN5O3S/c1-2-26-24(32)29(10-9-28-11-13-33-14-12-28)17-23(31)30-21(18-6-3-4-7-19(18)25)16-20(27-30)22-8-5-15-34-22/h3-8,15,21H,2,9-14,16-17H2,1H3,(H,26,32). The molecule has 2 aromatic rings. The van der Waals surface area contributed by atoms with E-state index in [0.29, 0.717) is 44.3 Å². The Morgan fingerprint density at radius 2 is 2.03 bits per heavy atom. The van der Waals surface area contributed by atoms with E-state index in [1.807, 2.05) is 48.7 Å². The van der Waals surface area contributed by atoms with Crippen molar-refractivity contribution in [2.24, 2.45) is 5.10 Å². The number of hydrogen-bond acceptors (Lipinski definition) is 6. The van der Waals surface area contributed by atoms with Crippen molar-refractivity contribution in [1.82, 2.24) is 20.1 Å². The van der Waals surface area contributed by atoms with Crippen LogP contribution in [-0.4, -0.2) is 84.9 Å². The Kier molecular flexibility index (Phi) is 8.55. The first kappa shape index (κ1) is 24.7. The van der Waals surface area contributed by atoms with Gasteiger partial charge in [-0.25, -0.2) is 9.80 Å². The van der Waals surface area contributed by atoms with Crippen molar-refractivity contribution in [2.45, 2.75) is 19.4 Å². The van der Waals surface area contributed by atoms with Gasteiger partial charge >= 0.3 is 6.03 Å². The highest BCUT2D eigenvalue weighted by atomic mass is 35.5. The molecule has 1 N–H and O–H groups in total. The number of urea groups is 1. The van der Waals surface area contributed by atoms with Crippen molar-refractivity contribution in [1.29, 1.82) is 0 Å². The summed E-state index contributed by atoms with van der Waals surface area (Å²) >= 11 is 8.10. The number of rotatable bonds is 8. The highest BCUT2D eigenvalue weighted by Gasteiger charge is 2.35. The summed E-state index contributed by atoms with van der Waals surface area (Å²) in [5.41, 5.74) is 1.71. The van der Waals surface area contributed by atoms with Crippen LogP contribution in [0.2, 0.25) is 5.02 Å². The van der Waals surface area contributed by atoms with Gasteiger partial charge in [0.05, 0.1) is 29.8 Å². The zero-order valence-electron chi connectivity index (χ0n) is 19.3. The van der Waals surface area contributed by atoms with Crippen molar-refractivity contribution in [3.05, 3.63) is 57.2 Å². The minimum atomic E-state index is -0.311. The first-order chi connectivity index (χ1) is 16.6. The largest absolute Gasteiger partial charge is 0.379 e. The van der Waals surface area contributed by atoms with E-state index in [1.165, 1.54) is 5.01 Å². The van der Waals surface area contributed by atoms with Gasteiger partial charge in [-0.05, 0) is 30.0 Å². The second-order valence-electron chi connectivity index (χ2n) is 8.21. The highest BCUT2D eigenvalue weighted by molar-refractivity contribution is 7.12. The Morgan fingerprint density at radius 1 is 1.24 bits per heavy atom. The fourth-order valence-corrected chi connectivity index (χ4v) is 5.14. The molecule has 1 unspecified atom stereocenters. The number of thiophene rings is 1. The van der Waals surface area contributed by atoms with Gasteiger partial charge in [-0.1, -0.05) is 35.9 Å². The summed E-state index contributed by atoms with van der Waals surface area (Å²) in [4.78, 5) is 31.2. The van der Waals surface area contributed by atoms with Crippen molar-refractivity contribution < 1.29 is 14.3 Å². The van der Waals surface area contributed by atoms with E-state index in [4.69, 9.17) is 21.4 Å². The van der Waals surface area contributed by atoms with E-state index < -0.39 is 0 Å². The number of nitrogens with zero attached hydrogens (tertiary/aromatic N) is 4. The van der Waals surface area contributed by atoms with E-state index in [-0.39, 0.29) is 24.5 Å². The van der Waals surface area contributed by atoms with Gasteiger partial charge in [0, 0.05) is 44.2 Å². The van der Waals surface area contributed by atoms with Crippen molar-refractivity contribution in [3.63, 3.8) is 0 Å². The first-order valence-corrected chi connectivity index (χ1v) is 12.8. The average Bonchev–Trinajstić information content (AvgIpc) is 3.53. The molecule has 34 heavy (non-hydrogen) atoms. The van der Waals surface area contributed by atoms with Crippen LogP contribution in [0.1, 0.15) is 29.8 Å². The quantitative estimate of drug-likeness (QED) is 0.598. The van der Waals surface area contributed by atoms with Crippen LogP contribution in [0, 0.1) is 0 Å². The van der Waals surface area contributed by atoms with E-state index in [2.05, 4.69) is 10.2 Å². The van der Waals surface area contributed by atoms with Crippen LogP contribution < -0.4 is 5.32 Å². The van der Waals surface area contributed by atoms with Crippen LogP contribution in [0.15, 0.2) is 46.9 Å². The van der Waals surface area contributed by atoms with Gasteiger partial charge in [0.1, 0.15) is 6.54 Å². The number of carbonyl (C=O) groups excluding carboxylic acids is 2. The maximum absolute atomic E-state index is 13.5. The highest BCUT2D eigenvalue weighted by Crippen LogP contribution is 2.37. The molecule has 3 amide bonds. The lowest BCUT2D eigenvalue weighted by atomic mass is 10.0. The number of halogens is 1. The number of nitrogens with one attached hydrogen (secondary N) is 1. The molecule has 182 valence electrons. The van der Waals surface area contributed by atoms with Gasteiger partial charge in [0.2, 0.25) is 0 Å². The van der Waals surface area contributed by atoms with Crippen LogP contribution in [0.25, 0.3) is 0 Å². The monoisotopic (exact) mass is 503 g/mol. The lowest BCUT2D eigenvalue weighted by Gasteiger charge is -2.31. The molecule has 1 aromatic carbocycles. The molecule has 1 fully saturated rings. The number of hydrogen-bond donors (Lipinski definition) is 1. The fourth-order valence-electron chi connectivity index (χ4n) is 4.16. The van der Waals surface area contributed by atoms with Crippen LogP contribution in [-0.2, 0) is 9.53 Å². The minimum absolute atomic E-state index is 0.0572. The maximum Gasteiger partial charge on any atom is 0.317 e. The molecule has 0 bridgehead atoms. The molecule has 8 nitrogen and oxygen atoms in total. The molecule has 2 aliphatic rings. The second kappa shape index (κ2) is 11.8. The Labute approximate surface area is 209 Å². The summed E-state index contributed by atoms with van der Waals surface area (Å²) in [6.07, 6.45) is 0.574. The molecule has 0 aliphatic carbocycles. The summed E-state index contributed by atoms with van der Waals surface area (Å²) in [7, 11) is 0. The molecule has 0 radical (unpaired) electrons. The summed E-state index contributed by atoms with van der Waals surface area (Å²) < 4.78 is 5.41. The van der Waals surface area contributed by atoms with Gasteiger partial charge in [0.15, 0.2) is 0 Å². The normalized spacial score (nSPS) is 18.6. The van der Waals surface area contributed by atoms with Gasteiger partial charge in [-0.2, -0.15) is 5.10 Å². The zero-order chi connectivity index (χ0) is 23.9. The fraction of sp³-hybridized carbons (Fsp3) is 0.458. The molecular formula is C24H30ClN5O3S. The molecule has 10 heteroatoms. The molecule has 2 aliphatic heterocycles. The molecule has 0 saturated carbocycles. The molecule has 1 saturated heterocycles. The number of hydrazone groups is 1. The second-order valence-corrected chi connectivity index (χ2v) is 9.57. The maximum atomic E-state index is 13.5. The Bertz CT molecular complexity index is 1010. The topological polar surface area (TPSA) is 77.5 Å². The third-order valence-corrected chi connectivity index (χ3v) is 7.23. The van der Waals surface area contributed by atoms with E-state index in [1.54, 1.807) is 16.2 Å². The summed E-state index contributed by atoms with van der Waals surface area (Å²) in [6, 6.07) is 11.0. The molecule has 3 heterocycles. The predicted molar refractivity (Wildman–Crippen MR) is 134 cm³/mol. The Morgan fingerprint density at radius 3 is 2.74 bits per heavy atom. The third-order valence-electron chi connectivity index (χ3n) is 5.97. The smallest absolute Gasteiger partial charge is 0.317 e. The van der Waals surface area contributed by atoms with E-state index in [0.717, 1.165) is 29.2 Å². The number of morpholine rings is 1. The van der Waals surface area contributed by atoms with Gasteiger partial charge < -0.3 is 15.0 Å². The summed E-state index contributed by atoms with van der Waals surface area (Å²) in [6.45, 7) is 6.46. The number of amides is 3. The number of ether oxygens (including phenoxy) is 1. The number of benzene rings is 1. The van der Waals surface area contributed by atoms with Crippen LogP contribution >= 0.6 is 22.9 Å². The lowest BCUT2D eigenvalue weighted by molar-refractivity contribution is -0.133. The first-order valence-electron chi connectivity index (χ1n) is 11.6. The van der Waals surface area contributed by atoms with Crippen molar-refractivity contribution >= 4 is 40.6 Å². The van der Waals surface area contributed by atoms with Crippen LogP contribution in [0.3, 0.4) is 0 Å². The molecule has 1 atom stereocenters. The number of carbonyl (C=O) groups is 2. The van der Waals surface area contributed by atoms with Gasteiger partial charge in [-0.15, -0.1) is 11.3 Å². The predicted octanol–water partition coefficient (Wildman–Crippen LogP) is 3.44. The summed E-state index contributed by atoms with van der Waals surface area (Å²) in [5, 5.41) is 11.6. The molecular weight excluding hydrogens is 474 g/mol. The zero-order valence-corrected chi connectivity index (χ0v) is 20.9. The Hall–Kier alpha value is -2.46. The molecule has 4 rings (SSSR count). The van der Waals surface area contributed by atoms with E-state index >= 15 is 0 Å². The molecule has 0 spiro atoms. The van der Waals surface area contributed by atoms with Crippen molar-refractivity contribution in [2.75, 3.05) is 52.5 Å². The van der Waals surface area contributed by atoms with Gasteiger partial charge in [0.25, 0.3) is 5.91 Å². The van der Waals surface area contributed by atoms with Crippen molar-refractivity contribution in [3.8, 4) is 0 Å². The molecule has 1 aromatic heterocycles. The van der Waals surface area contributed by atoms with Crippen LogP contribution in [0.5, 0.6) is 0 Å². The van der Waals surface area contributed by atoms with Crippen LogP contribution in [0.4, 0.5) is 4.79 Å². The van der Waals surface area contributed by atoms with Gasteiger partial charge in [-0.3, -0.25) is 9.69 Å². The third kappa shape index (κ3) is 5.96.